The van der Waals surface area contributed by atoms with Crippen LogP contribution in [0.4, 0.5) is 10.1 Å². The number of amides is 3. The van der Waals surface area contributed by atoms with Gasteiger partial charge in [0.2, 0.25) is 5.91 Å². The molecule has 9 heteroatoms. The maximum Gasteiger partial charge on any atom is 0.303 e. The number of rotatable bonds is 15. The van der Waals surface area contributed by atoms with Crippen LogP contribution in [0, 0.1) is 5.82 Å². The SMILES string of the molecule is O=C(O)CCCCCCCCOc1ccc(CC(=O)Nc2ccc3c(c2)C(=O)N(Cc2ccc(F)cc2)C3=O)cc1. The van der Waals surface area contributed by atoms with E-state index in [0.29, 0.717) is 17.9 Å². The highest BCUT2D eigenvalue weighted by molar-refractivity contribution is 6.21. The quantitative estimate of drug-likeness (QED) is 0.174. The van der Waals surface area contributed by atoms with Crippen molar-refractivity contribution in [2.24, 2.45) is 0 Å². The average molecular weight is 561 g/mol. The second-order valence-electron chi connectivity index (χ2n) is 10.1. The molecule has 0 aliphatic carbocycles. The maximum absolute atomic E-state index is 13.2. The van der Waals surface area contributed by atoms with Gasteiger partial charge < -0.3 is 15.2 Å². The molecule has 41 heavy (non-hydrogen) atoms. The van der Waals surface area contributed by atoms with Crippen LogP contribution < -0.4 is 10.1 Å². The molecule has 1 aliphatic heterocycles. The van der Waals surface area contributed by atoms with E-state index in [1.54, 1.807) is 6.07 Å². The zero-order chi connectivity index (χ0) is 29.2. The highest BCUT2D eigenvalue weighted by Gasteiger charge is 2.35. The molecule has 0 unspecified atom stereocenters. The van der Waals surface area contributed by atoms with Gasteiger partial charge in [-0.05, 0) is 66.4 Å². The van der Waals surface area contributed by atoms with Crippen molar-refractivity contribution in [3.05, 3.63) is 94.8 Å². The minimum atomic E-state index is -0.742. The normalized spacial score (nSPS) is 12.4. The van der Waals surface area contributed by atoms with Crippen LogP contribution >= 0.6 is 0 Å². The molecular formula is C32H33FN2O6. The summed E-state index contributed by atoms with van der Waals surface area (Å²) in [7, 11) is 0. The van der Waals surface area contributed by atoms with E-state index in [0.717, 1.165) is 54.7 Å². The van der Waals surface area contributed by atoms with Gasteiger partial charge in [0.1, 0.15) is 11.6 Å². The Bertz CT molecular complexity index is 1390. The number of carbonyl (C=O) groups excluding carboxylic acids is 3. The smallest absolute Gasteiger partial charge is 0.303 e. The standard InChI is InChI=1S/C32H33FN2O6/c33-24-12-8-23(9-13-24)21-35-31(39)27-17-14-25(20-28(27)32(35)40)34-29(36)19-22-10-15-26(16-11-22)41-18-6-4-2-1-3-5-7-30(37)38/h8-17,20H,1-7,18-19,21H2,(H,34,36)(H,37,38). The van der Waals surface area contributed by atoms with Crippen molar-refractivity contribution in [1.82, 2.24) is 4.90 Å². The van der Waals surface area contributed by atoms with Crippen LogP contribution in [0.3, 0.4) is 0 Å². The van der Waals surface area contributed by atoms with Crippen LogP contribution in [0.5, 0.6) is 5.75 Å². The van der Waals surface area contributed by atoms with Crippen LogP contribution in [0.15, 0.2) is 66.7 Å². The molecule has 0 spiro atoms. The van der Waals surface area contributed by atoms with Gasteiger partial charge >= 0.3 is 5.97 Å². The average Bonchev–Trinajstić information content (AvgIpc) is 3.18. The lowest BCUT2D eigenvalue weighted by Crippen LogP contribution is -2.29. The summed E-state index contributed by atoms with van der Waals surface area (Å²) in [5, 5.41) is 11.4. The Morgan fingerprint density at radius 1 is 0.780 bits per heavy atom. The third-order valence-electron chi connectivity index (χ3n) is 6.85. The summed E-state index contributed by atoms with van der Waals surface area (Å²) < 4.78 is 19.0. The lowest BCUT2D eigenvalue weighted by molar-refractivity contribution is -0.137. The lowest BCUT2D eigenvalue weighted by atomic mass is 10.1. The number of carboxylic acid groups (broad SMARTS) is 1. The van der Waals surface area contributed by atoms with Crippen LogP contribution in [0.1, 0.15) is 76.8 Å². The van der Waals surface area contributed by atoms with E-state index in [1.165, 1.54) is 36.4 Å². The number of imide groups is 1. The summed E-state index contributed by atoms with van der Waals surface area (Å²) in [6, 6.07) is 17.5. The molecule has 4 rings (SSSR count). The third-order valence-corrected chi connectivity index (χ3v) is 6.85. The molecule has 2 N–H and O–H groups in total. The third kappa shape index (κ3) is 8.48. The molecule has 3 amide bonds. The van der Waals surface area contributed by atoms with Crippen molar-refractivity contribution >= 4 is 29.4 Å². The first kappa shape index (κ1) is 29.5. The summed E-state index contributed by atoms with van der Waals surface area (Å²) >= 11 is 0. The number of halogens is 1. The van der Waals surface area contributed by atoms with Crippen molar-refractivity contribution < 1.29 is 33.4 Å². The van der Waals surface area contributed by atoms with Crippen molar-refractivity contribution in [3.8, 4) is 5.75 Å². The number of benzene rings is 3. The van der Waals surface area contributed by atoms with Gasteiger partial charge in [-0.3, -0.25) is 24.1 Å². The number of hydrogen-bond donors (Lipinski definition) is 2. The molecule has 0 radical (unpaired) electrons. The number of unbranched alkanes of at least 4 members (excludes halogenated alkanes) is 5. The highest BCUT2D eigenvalue weighted by atomic mass is 19.1. The zero-order valence-electron chi connectivity index (χ0n) is 22.7. The molecular weight excluding hydrogens is 527 g/mol. The van der Waals surface area contributed by atoms with E-state index >= 15 is 0 Å². The predicted molar refractivity (Wildman–Crippen MR) is 151 cm³/mol. The van der Waals surface area contributed by atoms with E-state index in [1.807, 2.05) is 24.3 Å². The van der Waals surface area contributed by atoms with Gasteiger partial charge in [-0.15, -0.1) is 0 Å². The molecule has 3 aromatic rings. The van der Waals surface area contributed by atoms with Crippen LogP contribution in [0.2, 0.25) is 0 Å². The van der Waals surface area contributed by atoms with Gasteiger partial charge in [0.05, 0.1) is 30.7 Å². The number of carboxylic acids is 1. The van der Waals surface area contributed by atoms with E-state index < -0.39 is 23.6 Å². The fourth-order valence-electron chi connectivity index (χ4n) is 4.65. The number of ether oxygens (including phenoxy) is 1. The Hall–Kier alpha value is -4.53. The predicted octanol–water partition coefficient (Wildman–Crippen LogP) is 6.00. The topological polar surface area (TPSA) is 113 Å². The molecule has 1 aliphatic rings. The number of nitrogens with zero attached hydrogens (tertiary/aromatic N) is 1. The van der Waals surface area contributed by atoms with Gasteiger partial charge in [-0.2, -0.15) is 0 Å². The molecule has 0 aromatic heterocycles. The first-order chi connectivity index (χ1) is 19.8. The largest absolute Gasteiger partial charge is 0.494 e. The van der Waals surface area contributed by atoms with Gasteiger partial charge in [0.25, 0.3) is 11.8 Å². The fourth-order valence-corrected chi connectivity index (χ4v) is 4.65. The molecule has 0 atom stereocenters. The fraction of sp³-hybridized carbons (Fsp3) is 0.312. The van der Waals surface area contributed by atoms with Crippen LogP contribution in [-0.4, -0.2) is 40.3 Å². The molecule has 0 bridgehead atoms. The van der Waals surface area contributed by atoms with Crippen LogP contribution in [0.25, 0.3) is 0 Å². The Morgan fingerprint density at radius 2 is 1.41 bits per heavy atom. The van der Waals surface area contributed by atoms with Gasteiger partial charge in [-0.1, -0.05) is 49.9 Å². The summed E-state index contributed by atoms with van der Waals surface area (Å²) in [5.41, 5.74) is 2.33. The second kappa shape index (κ2) is 14.2. The second-order valence-corrected chi connectivity index (χ2v) is 10.1. The van der Waals surface area contributed by atoms with Crippen LogP contribution in [-0.2, 0) is 22.6 Å². The molecule has 0 saturated carbocycles. The number of hydrogen-bond acceptors (Lipinski definition) is 5. The Kier molecular flexibility index (Phi) is 10.2. The number of aliphatic carboxylic acids is 1. The summed E-state index contributed by atoms with van der Waals surface area (Å²) in [6.45, 7) is 0.625. The van der Waals surface area contributed by atoms with Crippen molar-refractivity contribution in [2.75, 3.05) is 11.9 Å². The number of carbonyl (C=O) groups is 4. The van der Waals surface area contributed by atoms with Crippen molar-refractivity contribution in [2.45, 2.75) is 57.9 Å². The van der Waals surface area contributed by atoms with E-state index in [-0.39, 0.29) is 36.4 Å². The number of fused-ring (bicyclic) bond motifs is 1. The first-order valence-electron chi connectivity index (χ1n) is 13.8. The molecule has 0 saturated heterocycles. The Labute approximate surface area is 238 Å². The first-order valence-corrected chi connectivity index (χ1v) is 13.8. The van der Waals surface area contributed by atoms with E-state index in [9.17, 15) is 23.6 Å². The summed E-state index contributed by atoms with van der Waals surface area (Å²) in [5.74, 6) is -1.57. The highest BCUT2D eigenvalue weighted by Crippen LogP contribution is 2.27. The van der Waals surface area contributed by atoms with Crippen molar-refractivity contribution in [3.63, 3.8) is 0 Å². The van der Waals surface area contributed by atoms with Crippen molar-refractivity contribution in [1.29, 1.82) is 0 Å². The van der Waals surface area contributed by atoms with E-state index in [2.05, 4.69) is 5.32 Å². The minimum absolute atomic E-state index is 0.0320. The summed E-state index contributed by atoms with van der Waals surface area (Å²) in [6.07, 6.45) is 6.05. The van der Waals surface area contributed by atoms with E-state index in [4.69, 9.17) is 9.84 Å². The zero-order valence-corrected chi connectivity index (χ0v) is 22.7. The summed E-state index contributed by atoms with van der Waals surface area (Å²) in [4.78, 5) is 49.9. The Morgan fingerprint density at radius 3 is 2.12 bits per heavy atom. The maximum atomic E-state index is 13.2. The molecule has 1 heterocycles. The number of anilines is 1. The minimum Gasteiger partial charge on any atom is -0.494 e. The lowest BCUT2D eigenvalue weighted by Gasteiger charge is -2.13. The monoisotopic (exact) mass is 560 g/mol. The molecule has 3 aromatic carbocycles. The van der Waals surface area contributed by atoms with Gasteiger partial charge in [-0.25, -0.2) is 4.39 Å². The van der Waals surface area contributed by atoms with Gasteiger partial charge in [0, 0.05) is 12.1 Å². The molecule has 0 fully saturated rings. The van der Waals surface area contributed by atoms with Gasteiger partial charge in [0.15, 0.2) is 0 Å². The molecule has 214 valence electrons. The Balaban J connectivity index is 1.20. The number of nitrogens with one attached hydrogen (secondary N) is 1. The molecule has 8 nitrogen and oxygen atoms in total.